The smallest absolute Gasteiger partial charge is 0.238 e. The largest absolute Gasteiger partial charge is 0.390 e. The number of nitrogens with one attached hydrogen (secondary N) is 2. The summed E-state index contributed by atoms with van der Waals surface area (Å²) in [4.78, 5) is 25.5. The first-order valence-corrected chi connectivity index (χ1v) is 7.87. The fraction of sp³-hybridized carbons (Fsp3) is 0.529. The number of rotatable bonds is 5. The monoisotopic (exact) mass is 319 g/mol. The van der Waals surface area contributed by atoms with Crippen molar-refractivity contribution in [2.75, 3.05) is 30.3 Å². The maximum absolute atomic E-state index is 12.2. The molecule has 1 fully saturated rings. The van der Waals surface area contributed by atoms with E-state index in [0.717, 1.165) is 13.0 Å². The number of hydrogen-bond acceptors (Lipinski definition) is 4. The Bertz CT molecular complexity index is 581. The van der Waals surface area contributed by atoms with Crippen molar-refractivity contribution in [3.8, 4) is 0 Å². The molecule has 0 saturated carbocycles. The van der Waals surface area contributed by atoms with Gasteiger partial charge in [-0.15, -0.1) is 0 Å². The van der Waals surface area contributed by atoms with Crippen LogP contribution in [-0.2, 0) is 9.59 Å². The minimum atomic E-state index is -0.719. The van der Waals surface area contributed by atoms with E-state index < -0.39 is 5.60 Å². The molecule has 0 spiro atoms. The van der Waals surface area contributed by atoms with Crippen LogP contribution in [0.5, 0.6) is 0 Å². The van der Waals surface area contributed by atoms with Gasteiger partial charge in [0.15, 0.2) is 0 Å². The molecule has 1 saturated heterocycles. The highest BCUT2D eigenvalue weighted by molar-refractivity contribution is 5.99. The van der Waals surface area contributed by atoms with Crippen LogP contribution in [0.2, 0.25) is 0 Å². The van der Waals surface area contributed by atoms with Crippen molar-refractivity contribution in [2.24, 2.45) is 5.92 Å². The molecule has 1 aliphatic heterocycles. The molecule has 2 rings (SSSR count). The van der Waals surface area contributed by atoms with Crippen LogP contribution in [0.1, 0.15) is 27.2 Å². The standard InChI is InChI=1S/C17H25N3O3/c1-12(21)18-14-6-4-5-7-15(14)19-16(22)11-20-9-8-13(10-20)17(2,3)23/h4-7,13,23H,8-11H2,1-3H3,(H,18,21)(H,19,22). The zero-order valence-corrected chi connectivity index (χ0v) is 13.9. The van der Waals surface area contributed by atoms with Crippen LogP contribution in [0.3, 0.4) is 0 Å². The molecule has 1 atom stereocenters. The first-order valence-electron chi connectivity index (χ1n) is 7.87. The number of para-hydroxylation sites is 2. The van der Waals surface area contributed by atoms with Crippen molar-refractivity contribution in [2.45, 2.75) is 32.8 Å². The molecule has 23 heavy (non-hydrogen) atoms. The van der Waals surface area contributed by atoms with E-state index in [0.29, 0.717) is 17.9 Å². The van der Waals surface area contributed by atoms with Gasteiger partial charge in [-0.05, 0) is 38.9 Å². The van der Waals surface area contributed by atoms with E-state index in [-0.39, 0.29) is 24.3 Å². The van der Waals surface area contributed by atoms with Gasteiger partial charge in [0.05, 0.1) is 23.5 Å². The lowest BCUT2D eigenvalue weighted by atomic mass is 9.90. The second-order valence-electron chi connectivity index (χ2n) is 6.65. The highest BCUT2D eigenvalue weighted by Crippen LogP contribution is 2.27. The quantitative estimate of drug-likeness (QED) is 0.771. The minimum absolute atomic E-state index is 0.126. The lowest BCUT2D eigenvalue weighted by Crippen LogP contribution is -2.36. The maximum atomic E-state index is 12.2. The molecule has 3 N–H and O–H groups in total. The van der Waals surface area contributed by atoms with Gasteiger partial charge in [-0.1, -0.05) is 12.1 Å². The predicted molar refractivity (Wildman–Crippen MR) is 90.2 cm³/mol. The fourth-order valence-electron chi connectivity index (χ4n) is 2.84. The summed E-state index contributed by atoms with van der Waals surface area (Å²) in [5, 5.41) is 15.6. The van der Waals surface area contributed by atoms with Gasteiger partial charge in [0, 0.05) is 19.4 Å². The zero-order chi connectivity index (χ0) is 17.0. The van der Waals surface area contributed by atoms with Gasteiger partial charge in [-0.2, -0.15) is 0 Å². The molecule has 0 bridgehead atoms. The Labute approximate surface area is 136 Å². The van der Waals surface area contributed by atoms with Gasteiger partial charge in [0.2, 0.25) is 11.8 Å². The molecule has 1 aromatic rings. The Morgan fingerprint density at radius 3 is 2.39 bits per heavy atom. The highest BCUT2D eigenvalue weighted by Gasteiger charge is 2.33. The van der Waals surface area contributed by atoms with Crippen LogP contribution in [0, 0.1) is 5.92 Å². The van der Waals surface area contributed by atoms with Crippen molar-refractivity contribution in [1.29, 1.82) is 0 Å². The Kier molecular flexibility index (Phi) is 5.38. The molecule has 1 aromatic carbocycles. The van der Waals surface area contributed by atoms with E-state index in [1.807, 2.05) is 18.7 Å². The highest BCUT2D eigenvalue weighted by atomic mass is 16.3. The molecule has 0 aromatic heterocycles. The Morgan fingerprint density at radius 2 is 1.87 bits per heavy atom. The number of carbonyl (C=O) groups is 2. The molecular weight excluding hydrogens is 294 g/mol. The molecule has 0 radical (unpaired) electrons. The van der Waals surface area contributed by atoms with Gasteiger partial charge in [0.25, 0.3) is 0 Å². The molecule has 6 heteroatoms. The molecular formula is C17H25N3O3. The van der Waals surface area contributed by atoms with E-state index in [1.165, 1.54) is 6.92 Å². The maximum Gasteiger partial charge on any atom is 0.238 e. The van der Waals surface area contributed by atoms with Gasteiger partial charge in [-0.25, -0.2) is 0 Å². The van der Waals surface area contributed by atoms with E-state index in [4.69, 9.17) is 0 Å². The molecule has 1 aliphatic rings. The summed E-state index contributed by atoms with van der Waals surface area (Å²) in [7, 11) is 0. The summed E-state index contributed by atoms with van der Waals surface area (Å²) in [5.41, 5.74) is 0.457. The number of hydrogen-bond donors (Lipinski definition) is 3. The average molecular weight is 319 g/mol. The van der Waals surface area contributed by atoms with Crippen molar-refractivity contribution >= 4 is 23.2 Å². The van der Waals surface area contributed by atoms with Gasteiger partial charge in [-0.3, -0.25) is 14.5 Å². The summed E-state index contributed by atoms with van der Waals surface area (Å²) in [6.07, 6.45) is 0.888. The molecule has 126 valence electrons. The Balaban J connectivity index is 1.92. The Hall–Kier alpha value is -1.92. The third kappa shape index (κ3) is 5.04. The second-order valence-corrected chi connectivity index (χ2v) is 6.65. The third-order valence-electron chi connectivity index (χ3n) is 4.15. The molecule has 1 heterocycles. The predicted octanol–water partition coefficient (Wildman–Crippen LogP) is 1.68. The number of carbonyl (C=O) groups excluding carboxylic acids is 2. The number of anilines is 2. The molecule has 1 unspecified atom stereocenters. The second kappa shape index (κ2) is 7.10. The van der Waals surface area contributed by atoms with Crippen molar-refractivity contribution in [1.82, 2.24) is 4.90 Å². The first-order chi connectivity index (χ1) is 10.8. The molecule has 2 amide bonds. The zero-order valence-electron chi connectivity index (χ0n) is 13.9. The summed E-state index contributed by atoms with van der Waals surface area (Å²) >= 11 is 0. The SMILES string of the molecule is CC(=O)Nc1ccccc1NC(=O)CN1CCC(C(C)(C)O)C1. The van der Waals surface area contributed by atoms with E-state index in [2.05, 4.69) is 10.6 Å². The minimum Gasteiger partial charge on any atom is -0.390 e. The summed E-state index contributed by atoms with van der Waals surface area (Å²) in [5.74, 6) is -0.125. The Morgan fingerprint density at radius 1 is 1.26 bits per heavy atom. The summed E-state index contributed by atoms with van der Waals surface area (Å²) in [6, 6.07) is 7.11. The van der Waals surface area contributed by atoms with Crippen LogP contribution < -0.4 is 10.6 Å². The molecule has 6 nitrogen and oxygen atoms in total. The van der Waals surface area contributed by atoms with Crippen molar-refractivity contribution in [3.63, 3.8) is 0 Å². The average Bonchev–Trinajstić information content (AvgIpc) is 2.89. The van der Waals surface area contributed by atoms with Crippen LogP contribution in [0.25, 0.3) is 0 Å². The van der Waals surface area contributed by atoms with Crippen LogP contribution >= 0.6 is 0 Å². The van der Waals surface area contributed by atoms with Gasteiger partial charge < -0.3 is 15.7 Å². The first kappa shape index (κ1) is 17.4. The van der Waals surface area contributed by atoms with Gasteiger partial charge >= 0.3 is 0 Å². The molecule has 0 aliphatic carbocycles. The van der Waals surface area contributed by atoms with Crippen LogP contribution in [-0.4, -0.2) is 47.1 Å². The fourth-order valence-corrected chi connectivity index (χ4v) is 2.84. The lowest BCUT2D eigenvalue weighted by molar-refractivity contribution is -0.117. The van der Waals surface area contributed by atoms with Crippen molar-refractivity contribution < 1.29 is 14.7 Å². The van der Waals surface area contributed by atoms with E-state index >= 15 is 0 Å². The topological polar surface area (TPSA) is 81.7 Å². The van der Waals surface area contributed by atoms with Crippen LogP contribution in [0.15, 0.2) is 24.3 Å². The normalized spacial score (nSPS) is 18.7. The summed E-state index contributed by atoms with van der Waals surface area (Å²) in [6.45, 7) is 6.84. The number of amides is 2. The number of likely N-dealkylation sites (tertiary alicyclic amines) is 1. The lowest BCUT2D eigenvalue weighted by Gasteiger charge is -2.25. The van der Waals surface area contributed by atoms with E-state index in [1.54, 1.807) is 24.3 Å². The number of nitrogens with zero attached hydrogens (tertiary/aromatic N) is 1. The van der Waals surface area contributed by atoms with Crippen LogP contribution in [0.4, 0.5) is 11.4 Å². The number of benzene rings is 1. The third-order valence-corrected chi connectivity index (χ3v) is 4.15. The van der Waals surface area contributed by atoms with Gasteiger partial charge in [0.1, 0.15) is 0 Å². The summed E-state index contributed by atoms with van der Waals surface area (Å²) < 4.78 is 0. The van der Waals surface area contributed by atoms with Crippen molar-refractivity contribution in [3.05, 3.63) is 24.3 Å². The number of aliphatic hydroxyl groups is 1. The van der Waals surface area contributed by atoms with E-state index in [9.17, 15) is 14.7 Å².